The molecule has 2 aromatic rings. The minimum atomic E-state index is -4.65. The van der Waals surface area contributed by atoms with Crippen molar-refractivity contribution in [2.75, 3.05) is 12.3 Å². The molecule has 3 N–H and O–H groups in total. The number of amides is 1. The molecule has 0 saturated heterocycles. The maximum Gasteiger partial charge on any atom is 0.404 e. The number of nitrogens with one attached hydrogen (secondary N) is 1. The number of fused-ring (bicyclic) bond motifs is 1. The Labute approximate surface area is 116 Å². The fourth-order valence-electron chi connectivity index (χ4n) is 1.90. The lowest BCUT2D eigenvalue weighted by molar-refractivity contribution is -0.164. The third-order valence-corrected chi connectivity index (χ3v) is 3.55. The number of benzene rings is 1. The Bertz CT molecular complexity index is 638. The zero-order chi connectivity index (χ0) is 14.9. The monoisotopic (exact) mass is 303 g/mol. The van der Waals surface area contributed by atoms with Crippen molar-refractivity contribution in [1.29, 1.82) is 0 Å². The van der Waals surface area contributed by atoms with Crippen LogP contribution in [0.4, 0.5) is 18.3 Å². The van der Waals surface area contributed by atoms with Crippen LogP contribution in [-0.4, -0.2) is 23.6 Å². The van der Waals surface area contributed by atoms with Crippen molar-refractivity contribution in [2.45, 2.75) is 19.0 Å². The molecule has 1 atom stereocenters. The van der Waals surface area contributed by atoms with Gasteiger partial charge >= 0.3 is 6.18 Å². The Balaban J connectivity index is 2.47. The average molecular weight is 303 g/mol. The second kappa shape index (κ2) is 5.28. The van der Waals surface area contributed by atoms with Crippen molar-refractivity contribution < 1.29 is 18.0 Å². The first-order valence-electron chi connectivity index (χ1n) is 5.83. The highest BCUT2D eigenvalue weighted by atomic mass is 32.1. The van der Waals surface area contributed by atoms with Crippen molar-refractivity contribution >= 4 is 32.6 Å². The normalized spacial score (nSPS) is 13.4. The number of nitrogens with zero attached hydrogens (tertiary/aromatic N) is 1. The molecule has 0 aliphatic heterocycles. The van der Waals surface area contributed by atoms with Gasteiger partial charge in [-0.15, -0.1) is 0 Å². The molecule has 0 bridgehead atoms. The maximum absolute atomic E-state index is 13.1. The molecule has 0 aliphatic rings. The van der Waals surface area contributed by atoms with Crippen molar-refractivity contribution in [3.63, 3.8) is 0 Å². The number of hydrogen-bond donors (Lipinski definition) is 2. The maximum atomic E-state index is 13.1. The summed E-state index contributed by atoms with van der Waals surface area (Å²) < 4.78 is 39.8. The number of anilines is 1. The van der Waals surface area contributed by atoms with Crippen LogP contribution in [0.15, 0.2) is 18.2 Å². The van der Waals surface area contributed by atoms with E-state index in [1.165, 1.54) is 18.2 Å². The summed E-state index contributed by atoms with van der Waals surface area (Å²) in [4.78, 5) is 15.6. The fourth-order valence-corrected chi connectivity index (χ4v) is 2.69. The van der Waals surface area contributed by atoms with Crippen molar-refractivity contribution in [1.82, 2.24) is 10.3 Å². The number of nitrogens with two attached hydrogens (primary N) is 1. The first-order valence-corrected chi connectivity index (χ1v) is 6.65. The number of hydrogen-bond acceptors (Lipinski definition) is 4. The largest absolute Gasteiger partial charge is 0.404 e. The van der Waals surface area contributed by atoms with Gasteiger partial charge in [0, 0.05) is 6.54 Å². The molecule has 1 aromatic heterocycles. The molecule has 1 aromatic carbocycles. The van der Waals surface area contributed by atoms with E-state index in [0.29, 0.717) is 10.2 Å². The highest BCUT2D eigenvalue weighted by Crippen LogP contribution is 2.37. The number of carbonyl (C=O) groups is 1. The first kappa shape index (κ1) is 14.6. The molecule has 1 unspecified atom stereocenters. The number of rotatable bonds is 3. The van der Waals surface area contributed by atoms with Crippen LogP contribution in [-0.2, 0) is 4.79 Å². The molecular formula is C12H12F3N3OS. The minimum Gasteiger partial charge on any atom is -0.375 e. The SMILES string of the molecule is CCNC(=O)C(c1ccc2nc(N)sc2c1)C(F)(F)F. The summed E-state index contributed by atoms with van der Waals surface area (Å²) in [6, 6.07) is 4.02. The third kappa shape index (κ3) is 2.84. The van der Waals surface area contributed by atoms with Gasteiger partial charge in [0.05, 0.1) is 10.2 Å². The molecule has 1 heterocycles. The highest BCUT2D eigenvalue weighted by Gasteiger charge is 2.45. The van der Waals surface area contributed by atoms with Gasteiger partial charge in [0.2, 0.25) is 5.91 Å². The van der Waals surface area contributed by atoms with E-state index in [-0.39, 0.29) is 17.2 Å². The number of likely N-dealkylation sites (N-methyl/N-ethyl adjacent to an activating group) is 1. The molecule has 8 heteroatoms. The van der Waals surface area contributed by atoms with E-state index < -0.39 is 18.0 Å². The topological polar surface area (TPSA) is 68.0 Å². The number of alkyl halides is 3. The number of thiazole rings is 1. The molecule has 4 nitrogen and oxygen atoms in total. The minimum absolute atomic E-state index is 0.111. The van der Waals surface area contributed by atoms with Gasteiger partial charge in [-0.2, -0.15) is 13.2 Å². The highest BCUT2D eigenvalue weighted by molar-refractivity contribution is 7.22. The van der Waals surface area contributed by atoms with Gasteiger partial charge in [0.15, 0.2) is 11.0 Å². The summed E-state index contributed by atoms with van der Waals surface area (Å²) in [7, 11) is 0. The van der Waals surface area contributed by atoms with Crippen LogP contribution in [0.1, 0.15) is 18.4 Å². The molecule has 0 radical (unpaired) electrons. The second-order valence-electron chi connectivity index (χ2n) is 4.15. The van der Waals surface area contributed by atoms with Crippen LogP contribution in [0.3, 0.4) is 0 Å². The van der Waals surface area contributed by atoms with Crippen LogP contribution in [0.2, 0.25) is 0 Å². The Kier molecular flexibility index (Phi) is 3.85. The molecule has 0 fully saturated rings. The number of aromatic nitrogens is 1. The molecule has 0 saturated carbocycles. The van der Waals surface area contributed by atoms with Gasteiger partial charge < -0.3 is 11.1 Å². The fraction of sp³-hybridized carbons (Fsp3) is 0.333. The van der Waals surface area contributed by atoms with Gasteiger partial charge in [0.25, 0.3) is 0 Å². The first-order chi connectivity index (χ1) is 9.32. The lowest BCUT2D eigenvalue weighted by Gasteiger charge is -2.19. The molecule has 108 valence electrons. The summed E-state index contributed by atoms with van der Waals surface area (Å²) in [5.41, 5.74) is 5.93. The van der Waals surface area contributed by atoms with Gasteiger partial charge in [0.1, 0.15) is 0 Å². The standard InChI is InChI=1S/C12H12F3N3OS/c1-2-17-10(19)9(12(13,14)15)6-3-4-7-8(5-6)20-11(16)18-7/h3-5,9H,2H2,1H3,(H2,16,18)(H,17,19). The van der Waals surface area contributed by atoms with E-state index in [1.54, 1.807) is 6.92 Å². The van der Waals surface area contributed by atoms with Crippen LogP contribution >= 0.6 is 11.3 Å². The van der Waals surface area contributed by atoms with E-state index in [2.05, 4.69) is 10.3 Å². The van der Waals surface area contributed by atoms with E-state index >= 15 is 0 Å². The quantitative estimate of drug-likeness (QED) is 0.916. The predicted molar refractivity (Wildman–Crippen MR) is 71.5 cm³/mol. The Hall–Kier alpha value is -1.83. The Morgan fingerprint density at radius 1 is 1.50 bits per heavy atom. The lowest BCUT2D eigenvalue weighted by Crippen LogP contribution is -2.37. The Morgan fingerprint density at radius 2 is 2.20 bits per heavy atom. The number of nitrogen functional groups attached to an aromatic ring is 1. The number of carbonyl (C=O) groups excluding carboxylic acids is 1. The molecule has 2 rings (SSSR count). The lowest BCUT2D eigenvalue weighted by atomic mass is 9.97. The zero-order valence-electron chi connectivity index (χ0n) is 10.5. The summed E-state index contributed by atoms with van der Waals surface area (Å²) >= 11 is 1.09. The molecular weight excluding hydrogens is 291 g/mol. The molecule has 20 heavy (non-hydrogen) atoms. The van der Waals surface area contributed by atoms with Crippen molar-refractivity contribution in [3.05, 3.63) is 23.8 Å². The molecule has 1 amide bonds. The van der Waals surface area contributed by atoms with E-state index in [0.717, 1.165) is 11.3 Å². The summed E-state index contributed by atoms with van der Waals surface area (Å²) in [6.07, 6.45) is -4.65. The van der Waals surface area contributed by atoms with Gasteiger partial charge in [-0.25, -0.2) is 4.98 Å². The summed E-state index contributed by atoms with van der Waals surface area (Å²) in [5.74, 6) is -3.24. The van der Waals surface area contributed by atoms with Crippen LogP contribution in [0.5, 0.6) is 0 Å². The zero-order valence-corrected chi connectivity index (χ0v) is 11.3. The molecule has 0 aliphatic carbocycles. The third-order valence-electron chi connectivity index (χ3n) is 2.70. The van der Waals surface area contributed by atoms with Crippen LogP contribution in [0, 0.1) is 0 Å². The van der Waals surface area contributed by atoms with Gasteiger partial charge in [-0.05, 0) is 24.6 Å². The molecule has 0 spiro atoms. The number of halogens is 3. The Morgan fingerprint density at radius 3 is 2.80 bits per heavy atom. The van der Waals surface area contributed by atoms with Gasteiger partial charge in [-0.3, -0.25) is 4.79 Å². The van der Waals surface area contributed by atoms with E-state index in [1.807, 2.05) is 0 Å². The van der Waals surface area contributed by atoms with Crippen LogP contribution < -0.4 is 11.1 Å². The van der Waals surface area contributed by atoms with E-state index in [4.69, 9.17) is 5.73 Å². The second-order valence-corrected chi connectivity index (χ2v) is 5.21. The average Bonchev–Trinajstić information content (AvgIpc) is 2.67. The van der Waals surface area contributed by atoms with E-state index in [9.17, 15) is 18.0 Å². The van der Waals surface area contributed by atoms with Crippen molar-refractivity contribution in [3.8, 4) is 0 Å². The predicted octanol–water partition coefficient (Wildman–Crippen LogP) is 2.66. The van der Waals surface area contributed by atoms with Crippen LogP contribution in [0.25, 0.3) is 10.2 Å². The smallest absolute Gasteiger partial charge is 0.375 e. The summed E-state index contributed by atoms with van der Waals surface area (Å²) in [6.45, 7) is 1.71. The van der Waals surface area contributed by atoms with Gasteiger partial charge in [-0.1, -0.05) is 17.4 Å². The summed E-state index contributed by atoms with van der Waals surface area (Å²) in [5, 5.41) is 2.48. The van der Waals surface area contributed by atoms with Crippen molar-refractivity contribution in [2.24, 2.45) is 0 Å².